The summed E-state index contributed by atoms with van der Waals surface area (Å²) in [5, 5.41) is 0. The molecule has 1 unspecified atom stereocenters. The summed E-state index contributed by atoms with van der Waals surface area (Å²) >= 11 is 0. The molecular weight excluding hydrogens is 154 g/mol. The molecule has 0 heterocycles. The van der Waals surface area contributed by atoms with E-state index in [-0.39, 0.29) is 0 Å². The Balaban J connectivity index is 3.93. The number of carbonyl (C=O) groups excluding carboxylic acids is 1. The van der Waals surface area contributed by atoms with Crippen molar-refractivity contribution in [2.45, 2.75) is 32.9 Å². The van der Waals surface area contributed by atoms with Gasteiger partial charge in [-0.15, -0.1) is 0 Å². The number of nitrogens with two attached hydrogens (primary N) is 2. The number of amides is 1. The Labute approximate surface area is 73.9 Å². The average molecular weight is 173 g/mol. The van der Waals surface area contributed by atoms with Crippen LogP contribution >= 0.6 is 0 Å². The van der Waals surface area contributed by atoms with Gasteiger partial charge in [-0.1, -0.05) is 6.92 Å². The van der Waals surface area contributed by atoms with Crippen LogP contribution in [0.5, 0.6) is 0 Å². The van der Waals surface area contributed by atoms with E-state index in [0.717, 1.165) is 6.54 Å². The lowest BCUT2D eigenvalue weighted by atomic mass is 10.2. The summed E-state index contributed by atoms with van der Waals surface area (Å²) in [5.41, 5.74) is 10.6. The molecule has 4 heteroatoms. The topological polar surface area (TPSA) is 72.3 Å². The maximum absolute atomic E-state index is 10.6. The van der Waals surface area contributed by atoms with Crippen molar-refractivity contribution in [3.05, 3.63) is 0 Å². The highest BCUT2D eigenvalue weighted by atomic mass is 16.1. The Kier molecular flexibility index (Phi) is 4.85. The highest BCUT2D eigenvalue weighted by molar-refractivity contribution is 5.79. The van der Waals surface area contributed by atoms with Gasteiger partial charge >= 0.3 is 0 Å². The number of primary amides is 1. The van der Waals surface area contributed by atoms with Gasteiger partial charge in [0.25, 0.3) is 0 Å². The van der Waals surface area contributed by atoms with Crippen LogP contribution < -0.4 is 11.5 Å². The number of hydrogen-bond acceptors (Lipinski definition) is 3. The van der Waals surface area contributed by atoms with Crippen LogP contribution in [0, 0.1) is 0 Å². The number of nitrogens with zero attached hydrogens (tertiary/aromatic N) is 1. The van der Waals surface area contributed by atoms with Crippen molar-refractivity contribution >= 4 is 5.91 Å². The van der Waals surface area contributed by atoms with Crippen LogP contribution in [-0.2, 0) is 4.79 Å². The number of likely N-dealkylation sites (N-methyl/N-ethyl adjacent to an activating group) is 1. The highest BCUT2D eigenvalue weighted by Gasteiger charge is 2.15. The summed E-state index contributed by atoms with van der Waals surface area (Å²) in [7, 11) is 0. The van der Waals surface area contributed by atoms with Crippen molar-refractivity contribution in [2.75, 3.05) is 13.1 Å². The van der Waals surface area contributed by atoms with E-state index in [1.807, 2.05) is 6.92 Å². The summed E-state index contributed by atoms with van der Waals surface area (Å²) in [5.74, 6) is -0.436. The van der Waals surface area contributed by atoms with E-state index in [1.165, 1.54) is 0 Å². The van der Waals surface area contributed by atoms with E-state index in [1.54, 1.807) is 0 Å². The van der Waals surface area contributed by atoms with Crippen molar-refractivity contribution in [3.8, 4) is 0 Å². The first kappa shape index (κ1) is 11.4. The Bertz CT molecular complexity index is 147. The zero-order chi connectivity index (χ0) is 9.72. The predicted octanol–water partition coefficient (Wildman–Crippen LogP) is -0.471. The number of carbonyl (C=O) groups is 1. The smallest absolute Gasteiger partial charge is 0.235 e. The van der Waals surface area contributed by atoms with Gasteiger partial charge in [0.05, 0.1) is 6.04 Å². The maximum Gasteiger partial charge on any atom is 0.235 e. The Morgan fingerprint density at radius 1 is 1.50 bits per heavy atom. The second kappa shape index (κ2) is 5.11. The van der Waals surface area contributed by atoms with Crippen LogP contribution in [-0.4, -0.2) is 36.0 Å². The van der Waals surface area contributed by atoms with E-state index < -0.39 is 11.9 Å². The van der Waals surface area contributed by atoms with E-state index in [2.05, 4.69) is 18.7 Å². The molecular formula is C8H19N3O. The Morgan fingerprint density at radius 3 is 2.25 bits per heavy atom. The summed E-state index contributed by atoms with van der Waals surface area (Å²) in [6, 6.07) is -0.146. The molecule has 0 saturated carbocycles. The first-order valence-electron chi connectivity index (χ1n) is 4.28. The van der Waals surface area contributed by atoms with Crippen LogP contribution in [0.1, 0.15) is 20.8 Å². The first-order chi connectivity index (χ1) is 5.49. The minimum absolute atomic E-state index is 0.403. The minimum atomic E-state index is -0.549. The second-order valence-corrected chi connectivity index (χ2v) is 3.19. The molecule has 0 fully saturated rings. The molecule has 4 nitrogen and oxygen atoms in total. The molecule has 0 aliphatic heterocycles. The van der Waals surface area contributed by atoms with Gasteiger partial charge in [0.1, 0.15) is 0 Å². The third-order valence-corrected chi connectivity index (χ3v) is 1.93. The molecule has 0 radical (unpaired) electrons. The summed E-state index contributed by atoms with van der Waals surface area (Å²) in [6.45, 7) is 7.60. The van der Waals surface area contributed by atoms with E-state index in [0.29, 0.717) is 12.6 Å². The fraction of sp³-hybridized carbons (Fsp3) is 0.875. The molecule has 0 rings (SSSR count). The third kappa shape index (κ3) is 3.69. The molecule has 0 aliphatic rings. The van der Waals surface area contributed by atoms with Crippen molar-refractivity contribution in [1.29, 1.82) is 0 Å². The Hall–Kier alpha value is -0.610. The first-order valence-corrected chi connectivity index (χ1v) is 4.28. The quantitative estimate of drug-likeness (QED) is 0.590. The van der Waals surface area contributed by atoms with Crippen LogP contribution in [0.2, 0.25) is 0 Å². The molecule has 0 aromatic rings. The van der Waals surface area contributed by atoms with E-state index in [4.69, 9.17) is 11.5 Å². The van der Waals surface area contributed by atoms with Crippen LogP contribution in [0.4, 0.5) is 0 Å². The lowest BCUT2D eigenvalue weighted by Gasteiger charge is -2.26. The van der Waals surface area contributed by atoms with Crippen molar-refractivity contribution in [2.24, 2.45) is 11.5 Å². The predicted molar refractivity (Wildman–Crippen MR) is 49.6 cm³/mol. The van der Waals surface area contributed by atoms with Crippen LogP contribution in [0.15, 0.2) is 0 Å². The lowest BCUT2D eigenvalue weighted by Crippen LogP contribution is -2.47. The van der Waals surface area contributed by atoms with Gasteiger partial charge in [-0.05, 0) is 20.4 Å². The molecule has 0 aliphatic carbocycles. The number of hydrogen-bond donors (Lipinski definition) is 2. The normalized spacial score (nSPS) is 13.8. The molecule has 0 bridgehead atoms. The van der Waals surface area contributed by atoms with Crippen LogP contribution in [0.25, 0.3) is 0 Å². The van der Waals surface area contributed by atoms with Gasteiger partial charge in [-0.25, -0.2) is 0 Å². The van der Waals surface area contributed by atoms with Gasteiger partial charge in [-0.3, -0.25) is 9.69 Å². The zero-order valence-corrected chi connectivity index (χ0v) is 8.08. The fourth-order valence-electron chi connectivity index (χ4n) is 1.05. The van der Waals surface area contributed by atoms with Gasteiger partial charge in [0.15, 0.2) is 0 Å². The molecule has 4 N–H and O–H groups in total. The highest BCUT2D eigenvalue weighted by Crippen LogP contribution is 1.97. The van der Waals surface area contributed by atoms with Crippen molar-refractivity contribution < 1.29 is 4.79 Å². The van der Waals surface area contributed by atoms with E-state index >= 15 is 0 Å². The molecule has 12 heavy (non-hydrogen) atoms. The van der Waals surface area contributed by atoms with Crippen LogP contribution in [0.3, 0.4) is 0 Å². The monoisotopic (exact) mass is 173 g/mol. The number of rotatable bonds is 5. The standard InChI is InChI=1S/C8H19N3O/c1-4-11(6(2)3)5-7(9)8(10)12/h6-7H,4-5,9H2,1-3H3,(H2,10,12). The van der Waals surface area contributed by atoms with Gasteiger partial charge in [-0.2, -0.15) is 0 Å². The second-order valence-electron chi connectivity index (χ2n) is 3.19. The fourth-order valence-corrected chi connectivity index (χ4v) is 1.05. The maximum atomic E-state index is 10.6. The molecule has 1 amide bonds. The van der Waals surface area contributed by atoms with Gasteiger partial charge < -0.3 is 11.5 Å². The molecule has 0 aromatic carbocycles. The average Bonchev–Trinajstić information content (AvgIpc) is 1.98. The molecule has 0 saturated heterocycles. The lowest BCUT2D eigenvalue weighted by molar-refractivity contribution is -0.119. The Morgan fingerprint density at radius 2 is 2.00 bits per heavy atom. The zero-order valence-electron chi connectivity index (χ0n) is 8.08. The van der Waals surface area contributed by atoms with Crippen molar-refractivity contribution in [1.82, 2.24) is 4.90 Å². The molecule has 1 atom stereocenters. The SMILES string of the molecule is CCN(CC(N)C(N)=O)C(C)C. The largest absolute Gasteiger partial charge is 0.368 e. The van der Waals surface area contributed by atoms with E-state index in [9.17, 15) is 4.79 Å². The summed E-state index contributed by atoms with van der Waals surface area (Å²) in [6.07, 6.45) is 0. The van der Waals surface area contributed by atoms with Crippen molar-refractivity contribution in [3.63, 3.8) is 0 Å². The van der Waals surface area contributed by atoms with Gasteiger partial charge in [0.2, 0.25) is 5.91 Å². The molecule has 72 valence electrons. The van der Waals surface area contributed by atoms with Gasteiger partial charge in [0, 0.05) is 12.6 Å². The molecule has 0 aromatic heterocycles. The third-order valence-electron chi connectivity index (χ3n) is 1.93. The summed E-state index contributed by atoms with van der Waals surface area (Å²) in [4.78, 5) is 12.8. The summed E-state index contributed by atoms with van der Waals surface area (Å²) < 4.78 is 0. The minimum Gasteiger partial charge on any atom is -0.368 e. The molecule has 0 spiro atoms.